The molecule has 2 aliphatic rings. The van der Waals surface area contributed by atoms with Gasteiger partial charge in [-0.25, -0.2) is 9.59 Å². The molecule has 1 heterocycles. The Labute approximate surface area is 137 Å². The lowest BCUT2D eigenvalue weighted by Gasteiger charge is -2.38. The van der Waals surface area contributed by atoms with Gasteiger partial charge in [-0.3, -0.25) is 4.79 Å². The molecule has 0 spiro atoms. The third-order valence-electron chi connectivity index (χ3n) is 5.22. The molecule has 2 N–H and O–H groups in total. The minimum Gasteiger partial charge on any atom is -0.480 e. The summed E-state index contributed by atoms with van der Waals surface area (Å²) in [5.41, 5.74) is -1.11. The highest BCUT2D eigenvalue weighted by atomic mass is 16.4. The highest BCUT2D eigenvalue weighted by Crippen LogP contribution is 2.29. The van der Waals surface area contributed by atoms with E-state index in [0.29, 0.717) is 38.8 Å². The normalized spacial score (nSPS) is 22.0. The number of urea groups is 1. The summed E-state index contributed by atoms with van der Waals surface area (Å²) < 4.78 is 0. The zero-order valence-electron chi connectivity index (χ0n) is 14.1. The Morgan fingerprint density at radius 3 is 2.13 bits per heavy atom. The van der Waals surface area contributed by atoms with Crippen LogP contribution in [0.2, 0.25) is 0 Å². The maximum Gasteiger partial charge on any atom is 0.329 e. The summed E-state index contributed by atoms with van der Waals surface area (Å²) in [6.45, 7) is 4.84. The first-order valence-corrected chi connectivity index (χ1v) is 8.70. The maximum absolute atomic E-state index is 12.5. The van der Waals surface area contributed by atoms with Crippen molar-refractivity contribution in [2.75, 3.05) is 13.1 Å². The summed E-state index contributed by atoms with van der Waals surface area (Å²) in [5.74, 6) is -0.616. The minimum atomic E-state index is -1.11. The van der Waals surface area contributed by atoms with Gasteiger partial charge in [0.25, 0.3) is 0 Å². The Morgan fingerprint density at radius 2 is 1.65 bits per heavy atom. The van der Waals surface area contributed by atoms with Gasteiger partial charge in [0, 0.05) is 24.9 Å². The van der Waals surface area contributed by atoms with Gasteiger partial charge in [0.2, 0.25) is 0 Å². The van der Waals surface area contributed by atoms with E-state index in [1.54, 1.807) is 4.90 Å². The molecule has 2 rings (SSSR count). The lowest BCUT2D eigenvalue weighted by molar-refractivity contribution is -0.146. The number of hydrogen-bond donors (Lipinski definition) is 2. The summed E-state index contributed by atoms with van der Waals surface area (Å²) in [7, 11) is 0. The molecule has 0 radical (unpaired) electrons. The number of Topliss-reactive ketones (excluding diaryl/α,β-unsaturated/α-hetero) is 1. The van der Waals surface area contributed by atoms with Crippen LogP contribution in [0.4, 0.5) is 4.79 Å². The van der Waals surface area contributed by atoms with Gasteiger partial charge in [-0.1, -0.05) is 33.1 Å². The number of piperidine rings is 1. The SMILES string of the molecule is CC(C)C(=O)C1CCN(C(=O)NC2(C(=O)O)CCCCC2)CC1. The number of aliphatic carboxylic acids is 1. The topological polar surface area (TPSA) is 86.7 Å². The summed E-state index contributed by atoms with van der Waals surface area (Å²) in [6, 6.07) is -0.301. The van der Waals surface area contributed by atoms with Crippen molar-refractivity contribution in [3.63, 3.8) is 0 Å². The van der Waals surface area contributed by atoms with E-state index in [2.05, 4.69) is 5.32 Å². The molecule has 2 fully saturated rings. The van der Waals surface area contributed by atoms with Crippen molar-refractivity contribution in [3.8, 4) is 0 Å². The monoisotopic (exact) mass is 324 g/mol. The van der Waals surface area contributed by atoms with Crippen LogP contribution in [0.5, 0.6) is 0 Å². The zero-order chi connectivity index (χ0) is 17.0. The van der Waals surface area contributed by atoms with Crippen LogP contribution in [-0.2, 0) is 9.59 Å². The molecule has 130 valence electrons. The number of rotatable bonds is 4. The Hall–Kier alpha value is -1.59. The van der Waals surface area contributed by atoms with Crippen molar-refractivity contribution in [3.05, 3.63) is 0 Å². The molecule has 1 aliphatic carbocycles. The van der Waals surface area contributed by atoms with Gasteiger partial charge in [-0.15, -0.1) is 0 Å². The summed E-state index contributed by atoms with van der Waals surface area (Å²) in [6.07, 6.45) is 5.02. The third kappa shape index (κ3) is 4.03. The van der Waals surface area contributed by atoms with E-state index in [1.165, 1.54) is 0 Å². The Morgan fingerprint density at radius 1 is 1.09 bits per heavy atom. The highest BCUT2D eigenvalue weighted by molar-refractivity contribution is 5.87. The molecular weight excluding hydrogens is 296 g/mol. The first-order valence-electron chi connectivity index (χ1n) is 8.70. The molecule has 1 saturated heterocycles. The van der Waals surface area contributed by atoms with E-state index in [0.717, 1.165) is 19.3 Å². The van der Waals surface area contributed by atoms with Crippen LogP contribution in [-0.4, -0.2) is 46.4 Å². The van der Waals surface area contributed by atoms with Crippen LogP contribution in [0.15, 0.2) is 0 Å². The maximum atomic E-state index is 12.5. The molecular formula is C17H28N2O4. The molecule has 1 aliphatic heterocycles. The number of carboxylic acid groups (broad SMARTS) is 1. The number of carbonyl (C=O) groups is 3. The first kappa shape index (κ1) is 17.8. The van der Waals surface area contributed by atoms with E-state index in [-0.39, 0.29) is 23.7 Å². The number of ketones is 1. The fourth-order valence-corrected chi connectivity index (χ4v) is 3.67. The molecule has 0 bridgehead atoms. The lowest BCUT2D eigenvalue weighted by atomic mass is 9.81. The lowest BCUT2D eigenvalue weighted by Crippen LogP contribution is -2.59. The first-order chi connectivity index (χ1) is 10.9. The van der Waals surface area contributed by atoms with E-state index in [9.17, 15) is 19.5 Å². The van der Waals surface area contributed by atoms with Gasteiger partial charge in [0.1, 0.15) is 11.3 Å². The second kappa shape index (κ2) is 7.32. The van der Waals surface area contributed by atoms with Gasteiger partial charge in [-0.2, -0.15) is 0 Å². The molecule has 0 unspecified atom stereocenters. The van der Waals surface area contributed by atoms with Crippen LogP contribution in [0, 0.1) is 11.8 Å². The van der Waals surface area contributed by atoms with E-state index in [1.807, 2.05) is 13.8 Å². The number of likely N-dealkylation sites (tertiary alicyclic amines) is 1. The molecule has 0 atom stereocenters. The quantitative estimate of drug-likeness (QED) is 0.831. The number of carbonyl (C=O) groups excluding carboxylic acids is 2. The number of nitrogens with one attached hydrogen (secondary N) is 1. The van der Waals surface area contributed by atoms with Crippen molar-refractivity contribution >= 4 is 17.8 Å². The van der Waals surface area contributed by atoms with Crippen LogP contribution in [0.25, 0.3) is 0 Å². The van der Waals surface area contributed by atoms with E-state index >= 15 is 0 Å². The average Bonchev–Trinajstić information content (AvgIpc) is 2.55. The fraction of sp³-hybridized carbons (Fsp3) is 0.824. The number of amides is 2. The smallest absolute Gasteiger partial charge is 0.329 e. The standard InChI is InChI=1S/C17H28N2O4/c1-12(2)14(20)13-6-10-19(11-7-13)16(23)18-17(15(21)22)8-4-3-5-9-17/h12-13H,3-11H2,1-2H3,(H,18,23)(H,21,22). The van der Waals surface area contributed by atoms with Crippen LogP contribution in [0.3, 0.4) is 0 Å². The van der Waals surface area contributed by atoms with Crippen molar-refractivity contribution < 1.29 is 19.5 Å². The van der Waals surface area contributed by atoms with Gasteiger partial charge in [-0.05, 0) is 25.7 Å². The van der Waals surface area contributed by atoms with E-state index in [4.69, 9.17) is 0 Å². The second-order valence-corrected chi connectivity index (χ2v) is 7.20. The molecule has 2 amide bonds. The molecule has 0 aromatic rings. The van der Waals surface area contributed by atoms with Crippen LogP contribution >= 0.6 is 0 Å². The Bertz CT molecular complexity index is 461. The molecule has 6 heteroatoms. The minimum absolute atomic E-state index is 0.0258. The van der Waals surface area contributed by atoms with Crippen molar-refractivity contribution in [2.24, 2.45) is 11.8 Å². The van der Waals surface area contributed by atoms with Crippen LogP contribution in [0.1, 0.15) is 58.8 Å². The highest BCUT2D eigenvalue weighted by Gasteiger charge is 2.42. The predicted molar refractivity (Wildman–Crippen MR) is 86.1 cm³/mol. The summed E-state index contributed by atoms with van der Waals surface area (Å²) >= 11 is 0. The predicted octanol–water partition coefficient (Wildman–Crippen LogP) is 2.42. The Balaban J connectivity index is 1.92. The molecule has 0 aromatic carbocycles. The molecule has 0 aromatic heterocycles. The molecule has 6 nitrogen and oxygen atoms in total. The Kier molecular flexibility index (Phi) is 5.65. The number of hydrogen-bond acceptors (Lipinski definition) is 3. The largest absolute Gasteiger partial charge is 0.480 e. The molecule has 1 saturated carbocycles. The van der Waals surface area contributed by atoms with Gasteiger partial charge >= 0.3 is 12.0 Å². The average molecular weight is 324 g/mol. The summed E-state index contributed by atoms with van der Waals surface area (Å²) in [5, 5.41) is 12.3. The van der Waals surface area contributed by atoms with Crippen molar-refractivity contribution in [1.82, 2.24) is 10.2 Å². The third-order valence-corrected chi connectivity index (χ3v) is 5.22. The van der Waals surface area contributed by atoms with E-state index < -0.39 is 11.5 Å². The zero-order valence-corrected chi connectivity index (χ0v) is 14.1. The van der Waals surface area contributed by atoms with Crippen molar-refractivity contribution in [2.45, 2.75) is 64.3 Å². The molecule has 23 heavy (non-hydrogen) atoms. The second-order valence-electron chi connectivity index (χ2n) is 7.20. The van der Waals surface area contributed by atoms with Gasteiger partial charge < -0.3 is 15.3 Å². The van der Waals surface area contributed by atoms with Gasteiger partial charge in [0.15, 0.2) is 0 Å². The number of nitrogens with zero attached hydrogens (tertiary/aromatic N) is 1. The summed E-state index contributed by atoms with van der Waals surface area (Å²) in [4.78, 5) is 37.8. The van der Waals surface area contributed by atoms with Crippen molar-refractivity contribution in [1.29, 1.82) is 0 Å². The fourth-order valence-electron chi connectivity index (χ4n) is 3.67. The number of carboxylic acids is 1. The van der Waals surface area contributed by atoms with Crippen LogP contribution < -0.4 is 5.32 Å². The van der Waals surface area contributed by atoms with Gasteiger partial charge in [0.05, 0.1) is 0 Å².